The van der Waals surface area contributed by atoms with Gasteiger partial charge in [0.2, 0.25) is 0 Å². The van der Waals surface area contributed by atoms with Crippen molar-refractivity contribution >= 4 is 94.2 Å². The van der Waals surface area contributed by atoms with Crippen molar-refractivity contribution in [3.63, 3.8) is 0 Å². The summed E-state index contributed by atoms with van der Waals surface area (Å²) in [6, 6.07) is 120. The molecular formula is C78H53N3Si. The van der Waals surface area contributed by atoms with Crippen LogP contribution in [0, 0.1) is 0 Å². The summed E-state index contributed by atoms with van der Waals surface area (Å²) in [5.41, 5.74) is 17.4. The van der Waals surface area contributed by atoms with E-state index in [0.717, 1.165) is 39.2 Å². The van der Waals surface area contributed by atoms with E-state index >= 15 is 0 Å². The molecule has 0 saturated heterocycles. The van der Waals surface area contributed by atoms with Crippen molar-refractivity contribution in [1.29, 1.82) is 0 Å². The summed E-state index contributed by atoms with van der Waals surface area (Å²) in [5.74, 6) is 0. The van der Waals surface area contributed by atoms with Gasteiger partial charge in [-0.1, -0.05) is 249 Å². The monoisotopic (exact) mass is 1060 g/mol. The van der Waals surface area contributed by atoms with Gasteiger partial charge in [0.05, 0.1) is 33.1 Å². The first-order valence-electron chi connectivity index (χ1n) is 28.3. The molecule has 3 aromatic heterocycles. The Morgan fingerprint density at radius 3 is 1.01 bits per heavy atom. The Balaban J connectivity index is 0.932. The molecule has 13 aromatic carbocycles. The zero-order valence-corrected chi connectivity index (χ0v) is 45.9. The second-order valence-electron chi connectivity index (χ2n) is 21.6. The maximum absolute atomic E-state index is 2.83. The molecule has 3 nitrogen and oxygen atoms in total. The van der Waals surface area contributed by atoms with E-state index in [9.17, 15) is 0 Å². The van der Waals surface area contributed by atoms with E-state index in [1.807, 2.05) is 0 Å². The van der Waals surface area contributed by atoms with Crippen LogP contribution in [0.15, 0.2) is 322 Å². The van der Waals surface area contributed by atoms with Crippen molar-refractivity contribution < 1.29 is 0 Å². The SMILES string of the molecule is c1ccc(-c2cc(-n3c4ccccc4c4cc([Si](c5ccccc5)(c5ccccc5)c5ccccc5)ccc43)cc(-n3c4ccccc4c4ccc(-n5c6ccc(-c7ccccc7)cc6c6cc(-c7ccccc7)ccc65)cc43)c2)cc1. The number of para-hydroxylation sites is 2. The summed E-state index contributed by atoms with van der Waals surface area (Å²) in [7, 11) is -2.83. The third-order valence-electron chi connectivity index (χ3n) is 17.1. The third kappa shape index (κ3) is 7.57. The summed E-state index contributed by atoms with van der Waals surface area (Å²) in [6.45, 7) is 0. The van der Waals surface area contributed by atoms with E-state index in [2.05, 4.69) is 335 Å². The minimum Gasteiger partial charge on any atom is -0.309 e. The predicted molar refractivity (Wildman–Crippen MR) is 349 cm³/mol. The molecule has 0 aliphatic heterocycles. The van der Waals surface area contributed by atoms with Crippen molar-refractivity contribution in [1.82, 2.24) is 13.7 Å². The standard InChI is InChI=1S/C78H53N3Si/c1-7-23-54(24-8-1)57-39-44-75-70(49-57)71-50-58(55-25-9-2-10-26-55)40-45-76(71)79(75)60-41-43-69-67-35-19-21-37-73(67)81(78(69)52-60)62-48-59(56-27-11-3-12-28-56)47-61(51-62)80-74-38-22-20-36-68(74)72-53-66(42-46-77(72)80)82(63-29-13-4-14-30-63,64-31-15-5-16-32-64)65-33-17-6-18-34-65/h1-53H. The Bertz CT molecular complexity index is 4870. The molecule has 0 atom stereocenters. The van der Waals surface area contributed by atoms with Crippen molar-refractivity contribution in [2.24, 2.45) is 0 Å². The molecule has 0 amide bonds. The molecule has 0 unspecified atom stereocenters. The molecule has 16 aromatic rings. The fourth-order valence-electron chi connectivity index (χ4n) is 13.5. The normalized spacial score (nSPS) is 11.9. The number of nitrogens with zero attached hydrogens (tertiary/aromatic N) is 3. The highest BCUT2D eigenvalue weighted by atomic mass is 28.3. The molecule has 4 heteroatoms. The molecule has 0 N–H and O–H groups in total. The number of rotatable bonds is 10. The maximum atomic E-state index is 2.53. The summed E-state index contributed by atoms with van der Waals surface area (Å²) in [4.78, 5) is 0. The molecule has 0 aliphatic carbocycles. The number of hydrogen-bond donors (Lipinski definition) is 0. The Labute approximate surface area is 477 Å². The fourth-order valence-corrected chi connectivity index (χ4v) is 18.3. The van der Waals surface area contributed by atoms with Gasteiger partial charge in [0, 0.05) is 49.4 Å². The Morgan fingerprint density at radius 1 is 0.171 bits per heavy atom. The summed E-state index contributed by atoms with van der Waals surface area (Å²) in [6.07, 6.45) is 0. The summed E-state index contributed by atoms with van der Waals surface area (Å²) >= 11 is 0. The van der Waals surface area contributed by atoms with Crippen LogP contribution in [0.25, 0.3) is 116 Å². The van der Waals surface area contributed by atoms with Gasteiger partial charge in [0.1, 0.15) is 0 Å². The van der Waals surface area contributed by atoms with E-state index in [4.69, 9.17) is 0 Å². The van der Waals surface area contributed by atoms with Crippen LogP contribution in [-0.4, -0.2) is 21.8 Å². The van der Waals surface area contributed by atoms with Crippen LogP contribution in [0.3, 0.4) is 0 Å². The highest BCUT2D eigenvalue weighted by Crippen LogP contribution is 2.42. The van der Waals surface area contributed by atoms with Crippen LogP contribution in [0.4, 0.5) is 0 Å². The fraction of sp³-hybridized carbons (Fsp3) is 0. The maximum Gasteiger partial charge on any atom is 0.179 e. The number of hydrogen-bond acceptors (Lipinski definition) is 0. The van der Waals surface area contributed by atoms with Gasteiger partial charge in [0.15, 0.2) is 8.07 Å². The molecule has 0 radical (unpaired) electrons. The number of fused-ring (bicyclic) bond motifs is 9. The lowest BCUT2D eigenvalue weighted by atomic mass is 10.0. The van der Waals surface area contributed by atoms with E-state index in [1.165, 1.54) is 97.4 Å². The van der Waals surface area contributed by atoms with Gasteiger partial charge in [-0.25, -0.2) is 0 Å². The zero-order chi connectivity index (χ0) is 54.1. The molecule has 0 aliphatic rings. The second kappa shape index (κ2) is 19.4. The minimum absolute atomic E-state index is 1.09. The first-order valence-corrected chi connectivity index (χ1v) is 30.3. The van der Waals surface area contributed by atoms with Gasteiger partial charge in [-0.3, -0.25) is 0 Å². The van der Waals surface area contributed by atoms with Crippen LogP contribution in [0.2, 0.25) is 0 Å². The van der Waals surface area contributed by atoms with E-state index in [0.29, 0.717) is 0 Å². The lowest BCUT2D eigenvalue weighted by molar-refractivity contribution is 1.13. The molecule has 82 heavy (non-hydrogen) atoms. The van der Waals surface area contributed by atoms with Gasteiger partial charge < -0.3 is 13.7 Å². The molecule has 3 heterocycles. The van der Waals surface area contributed by atoms with Crippen LogP contribution in [0.1, 0.15) is 0 Å². The predicted octanol–water partition coefficient (Wildman–Crippen LogP) is 17.4. The van der Waals surface area contributed by atoms with Crippen molar-refractivity contribution in [3.8, 4) is 50.4 Å². The average Bonchev–Trinajstić information content (AvgIpc) is 3.93. The topological polar surface area (TPSA) is 14.8 Å². The number of benzene rings is 13. The molecule has 0 spiro atoms. The molecule has 0 bridgehead atoms. The van der Waals surface area contributed by atoms with Crippen LogP contribution < -0.4 is 20.7 Å². The van der Waals surface area contributed by atoms with Gasteiger partial charge in [0.25, 0.3) is 0 Å². The first-order chi connectivity index (χ1) is 40.7. The molecule has 0 fully saturated rings. The average molecular weight is 1060 g/mol. The molecule has 16 rings (SSSR count). The Hall–Kier alpha value is -10.5. The second-order valence-corrected chi connectivity index (χ2v) is 25.4. The molecule has 0 saturated carbocycles. The molecular weight excluding hydrogens is 1010 g/mol. The lowest BCUT2D eigenvalue weighted by Crippen LogP contribution is -2.74. The van der Waals surface area contributed by atoms with E-state index in [-0.39, 0.29) is 0 Å². The number of aromatic nitrogens is 3. The van der Waals surface area contributed by atoms with E-state index in [1.54, 1.807) is 0 Å². The first kappa shape index (κ1) is 47.5. The van der Waals surface area contributed by atoms with Gasteiger partial charge in [-0.05, 0) is 127 Å². The van der Waals surface area contributed by atoms with Crippen LogP contribution in [0.5, 0.6) is 0 Å². The largest absolute Gasteiger partial charge is 0.309 e. The van der Waals surface area contributed by atoms with Gasteiger partial charge in [-0.15, -0.1) is 0 Å². The third-order valence-corrected chi connectivity index (χ3v) is 21.9. The van der Waals surface area contributed by atoms with Crippen molar-refractivity contribution in [3.05, 3.63) is 322 Å². The Kier molecular flexibility index (Phi) is 11.2. The summed E-state index contributed by atoms with van der Waals surface area (Å²) < 4.78 is 7.48. The highest BCUT2D eigenvalue weighted by molar-refractivity contribution is 7.20. The summed E-state index contributed by atoms with van der Waals surface area (Å²) in [5, 5.41) is 12.8. The zero-order valence-electron chi connectivity index (χ0n) is 44.9. The smallest absolute Gasteiger partial charge is 0.179 e. The van der Waals surface area contributed by atoms with Crippen molar-refractivity contribution in [2.75, 3.05) is 0 Å². The van der Waals surface area contributed by atoms with Gasteiger partial charge >= 0.3 is 0 Å². The van der Waals surface area contributed by atoms with Crippen LogP contribution in [-0.2, 0) is 0 Å². The quantitative estimate of drug-likeness (QED) is 0.0958. The van der Waals surface area contributed by atoms with E-state index < -0.39 is 8.07 Å². The minimum atomic E-state index is -2.83. The molecule has 384 valence electrons. The lowest BCUT2D eigenvalue weighted by Gasteiger charge is -2.34. The highest BCUT2D eigenvalue weighted by Gasteiger charge is 2.41. The van der Waals surface area contributed by atoms with Crippen LogP contribution >= 0.6 is 0 Å². The van der Waals surface area contributed by atoms with Gasteiger partial charge in [-0.2, -0.15) is 0 Å². The van der Waals surface area contributed by atoms with Crippen molar-refractivity contribution in [2.45, 2.75) is 0 Å². The Morgan fingerprint density at radius 2 is 0.524 bits per heavy atom.